The summed E-state index contributed by atoms with van der Waals surface area (Å²) in [6.45, 7) is 1.80. The molecule has 2 heterocycles. The standard InChI is InChI=1S/C15H14BrN3O2S/c1-9-5-14(21)19-12(8-22-15(19)17-9)7-13(20)18-11-4-2-3-10(16)6-11/h2-6,12H,7-8H2,1H3,(H,18,20). The minimum absolute atomic E-state index is 0.0900. The molecule has 1 aliphatic heterocycles. The van der Waals surface area contributed by atoms with E-state index in [1.54, 1.807) is 11.5 Å². The number of benzene rings is 1. The first kappa shape index (κ1) is 15.3. The lowest BCUT2D eigenvalue weighted by Crippen LogP contribution is -2.27. The molecule has 0 saturated carbocycles. The zero-order chi connectivity index (χ0) is 15.7. The van der Waals surface area contributed by atoms with Gasteiger partial charge in [-0.3, -0.25) is 14.2 Å². The minimum Gasteiger partial charge on any atom is -0.326 e. The van der Waals surface area contributed by atoms with Crippen molar-refractivity contribution in [3.63, 3.8) is 0 Å². The summed E-state index contributed by atoms with van der Waals surface area (Å²) in [5.41, 5.74) is 1.36. The lowest BCUT2D eigenvalue weighted by Gasteiger charge is -2.13. The molecule has 1 N–H and O–H groups in total. The number of anilines is 1. The second kappa shape index (κ2) is 6.26. The summed E-state index contributed by atoms with van der Waals surface area (Å²) in [4.78, 5) is 28.7. The highest BCUT2D eigenvalue weighted by molar-refractivity contribution is 9.10. The average Bonchev–Trinajstić information content (AvgIpc) is 2.81. The number of thioether (sulfide) groups is 1. The monoisotopic (exact) mass is 379 g/mol. The van der Waals surface area contributed by atoms with Crippen molar-refractivity contribution in [1.82, 2.24) is 9.55 Å². The number of fused-ring (bicyclic) bond motifs is 1. The number of aryl methyl sites for hydroxylation is 1. The van der Waals surface area contributed by atoms with Crippen molar-refractivity contribution in [2.45, 2.75) is 24.5 Å². The summed E-state index contributed by atoms with van der Waals surface area (Å²) in [5, 5.41) is 3.56. The largest absolute Gasteiger partial charge is 0.326 e. The first-order valence-corrected chi connectivity index (χ1v) is 8.59. The second-order valence-corrected chi connectivity index (χ2v) is 7.02. The quantitative estimate of drug-likeness (QED) is 0.832. The van der Waals surface area contributed by atoms with E-state index in [1.807, 2.05) is 24.3 Å². The first-order chi connectivity index (χ1) is 10.5. The molecule has 0 radical (unpaired) electrons. The highest BCUT2D eigenvalue weighted by Gasteiger charge is 2.27. The molecule has 1 aliphatic rings. The molecule has 114 valence electrons. The highest BCUT2D eigenvalue weighted by atomic mass is 79.9. The van der Waals surface area contributed by atoms with E-state index >= 15 is 0 Å². The van der Waals surface area contributed by atoms with E-state index in [2.05, 4.69) is 26.2 Å². The minimum atomic E-state index is -0.146. The molecule has 7 heteroatoms. The third-order valence-electron chi connectivity index (χ3n) is 3.35. The lowest BCUT2D eigenvalue weighted by molar-refractivity contribution is -0.116. The smallest absolute Gasteiger partial charge is 0.254 e. The molecule has 0 spiro atoms. The molecule has 1 aromatic heterocycles. The Hall–Kier alpha value is -1.60. The molecule has 0 saturated heterocycles. The van der Waals surface area contributed by atoms with Crippen LogP contribution in [0.3, 0.4) is 0 Å². The van der Waals surface area contributed by atoms with Crippen molar-refractivity contribution in [3.8, 4) is 0 Å². The molecule has 22 heavy (non-hydrogen) atoms. The van der Waals surface area contributed by atoms with Crippen LogP contribution in [-0.2, 0) is 4.79 Å². The summed E-state index contributed by atoms with van der Waals surface area (Å²) in [6.07, 6.45) is 0.261. The number of hydrogen-bond donors (Lipinski definition) is 1. The van der Waals surface area contributed by atoms with Gasteiger partial charge < -0.3 is 5.32 Å². The Morgan fingerprint density at radius 1 is 1.50 bits per heavy atom. The molecular formula is C15H14BrN3O2S. The Morgan fingerprint density at radius 2 is 2.32 bits per heavy atom. The van der Waals surface area contributed by atoms with Gasteiger partial charge in [0.2, 0.25) is 5.91 Å². The molecule has 0 bridgehead atoms. The number of amides is 1. The van der Waals surface area contributed by atoms with Crippen LogP contribution < -0.4 is 10.9 Å². The van der Waals surface area contributed by atoms with Gasteiger partial charge in [0.05, 0.1) is 6.04 Å². The second-order valence-electron chi connectivity index (χ2n) is 5.12. The zero-order valence-electron chi connectivity index (χ0n) is 11.9. The van der Waals surface area contributed by atoms with Gasteiger partial charge in [0.1, 0.15) is 0 Å². The van der Waals surface area contributed by atoms with Gasteiger partial charge in [0.15, 0.2) is 5.16 Å². The maximum Gasteiger partial charge on any atom is 0.254 e. The van der Waals surface area contributed by atoms with Crippen molar-refractivity contribution in [1.29, 1.82) is 0 Å². The van der Waals surface area contributed by atoms with E-state index < -0.39 is 0 Å². The maximum atomic E-state index is 12.2. The van der Waals surface area contributed by atoms with Crippen LogP contribution in [0.2, 0.25) is 0 Å². The van der Waals surface area contributed by atoms with Crippen molar-refractivity contribution in [2.75, 3.05) is 11.1 Å². The van der Waals surface area contributed by atoms with E-state index in [1.165, 1.54) is 17.8 Å². The summed E-state index contributed by atoms with van der Waals surface area (Å²) in [6, 6.07) is 8.79. The molecule has 0 aliphatic carbocycles. The molecular weight excluding hydrogens is 366 g/mol. The van der Waals surface area contributed by atoms with Crippen molar-refractivity contribution in [2.24, 2.45) is 0 Å². The van der Waals surface area contributed by atoms with Crippen LogP contribution in [0.1, 0.15) is 18.2 Å². The van der Waals surface area contributed by atoms with Crippen LogP contribution in [0.4, 0.5) is 5.69 Å². The van der Waals surface area contributed by atoms with E-state index in [0.29, 0.717) is 16.6 Å². The summed E-state index contributed by atoms with van der Waals surface area (Å²) in [7, 11) is 0. The number of nitrogens with zero attached hydrogens (tertiary/aromatic N) is 2. The molecule has 3 rings (SSSR count). The van der Waals surface area contributed by atoms with Crippen LogP contribution in [0.25, 0.3) is 0 Å². The Balaban J connectivity index is 1.73. The summed E-state index contributed by atoms with van der Waals surface area (Å²) >= 11 is 4.89. The summed E-state index contributed by atoms with van der Waals surface area (Å²) < 4.78 is 2.53. The predicted octanol–water partition coefficient (Wildman–Crippen LogP) is 2.99. The van der Waals surface area contributed by atoms with Gasteiger partial charge in [0.25, 0.3) is 5.56 Å². The van der Waals surface area contributed by atoms with E-state index in [9.17, 15) is 9.59 Å². The van der Waals surface area contributed by atoms with Crippen molar-refractivity contribution >= 4 is 39.3 Å². The fraction of sp³-hybridized carbons (Fsp3) is 0.267. The van der Waals surface area contributed by atoms with Gasteiger partial charge in [-0.25, -0.2) is 4.98 Å². The number of aromatic nitrogens is 2. The maximum absolute atomic E-state index is 12.2. The molecule has 0 fully saturated rings. The number of nitrogens with one attached hydrogen (secondary N) is 1. The SMILES string of the molecule is Cc1cc(=O)n2c(n1)SCC2CC(=O)Nc1cccc(Br)c1. The fourth-order valence-corrected chi connectivity index (χ4v) is 4.00. The van der Waals surface area contributed by atoms with Gasteiger partial charge in [-0.2, -0.15) is 0 Å². The third-order valence-corrected chi connectivity index (χ3v) is 4.94. The molecule has 5 nitrogen and oxygen atoms in total. The fourth-order valence-electron chi connectivity index (χ4n) is 2.41. The molecule has 1 aromatic carbocycles. The predicted molar refractivity (Wildman–Crippen MR) is 90.4 cm³/mol. The van der Waals surface area contributed by atoms with Crippen LogP contribution in [0.15, 0.2) is 44.8 Å². The van der Waals surface area contributed by atoms with Gasteiger partial charge in [-0.1, -0.05) is 33.8 Å². The van der Waals surface area contributed by atoms with Crippen LogP contribution >= 0.6 is 27.7 Å². The summed E-state index contributed by atoms with van der Waals surface area (Å²) in [5.74, 6) is 0.585. The Kier molecular flexibility index (Phi) is 4.35. The van der Waals surface area contributed by atoms with Crippen LogP contribution in [0, 0.1) is 6.92 Å². The van der Waals surface area contributed by atoms with Gasteiger partial charge in [-0.15, -0.1) is 0 Å². The number of halogens is 1. The van der Waals surface area contributed by atoms with Gasteiger partial charge in [0, 0.05) is 34.1 Å². The van der Waals surface area contributed by atoms with E-state index in [-0.39, 0.29) is 23.9 Å². The Morgan fingerprint density at radius 3 is 3.09 bits per heavy atom. The number of rotatable bonds is 3. The molecule has 1 unspecified atom stereocenters. The van der Waals surface area contributed by atoms with E-state index in [0.717, 1.165) is 10.2 Å². The van der Waals surface area contributed by atoms with Crippen molar-refractivity contribution < 1.29 is 4.79 Å². The van der Waals surface area contributed by atoms with Crippen LogP contribution in [0.5, 0.6) is 0 Å². The Bertz CT molecular complexity index is 791. The zero-order valence-corrected chi connectivity index (χ0v) is 14.3. The van der Waals surface area contributed by atoms with Crippen molar-refractivity contribution in [3.05, 3.63) is 50.9 Å². The normalized spacial score (nSPS) is 16.4. The number of carbonyl (C=O) groups is 1. The average molecular weight is 380 g/mol. The number of hydrogen-bond acceptors (Lipinski definition) is 4. The highest BCUT2D eigenvalue weighted by Crippen LogP contribution is 2.32. The third kappa shape index (κ3) is 3.25. The first-order valence-electron chi connectivity index (χ1n) is 6.81. The van der Waals surface area contributed by atoms with Crippen LogP contribution in [-0.4, -0.2) is 21.2 Å². The molecule has 1 amide bonds. The van der Waals surface area contributed by atoms with Gasteiger partial charge in [-0.05, 0) is 25.1 Å². The lowest BCUT2D eigenvalue weighted by atomic mass is 10.2. The Labute approximate surface area is 140 Å². The molecule has 2 aromatic rings. The molecule has 1 atom stereocenters. The number of carbonyl (C=O) groups excluding carboxylic acids is 1. The topological polar surface area (TPSA) is 64.0 Å². The van der Waals surface area contributed by atoms with E-state index in [4.69, 9.17) is 0 Å². The van der Waals surface area contributed by atoms with Gasteiger partial charge >= 0.3 is 0 Å².